The molecule has 0 saturated carbocycles. The molecule has 2 aromatic rings. The summed E-state index contributed by atoms with van der Waals surface area (Å²) in [5.41, 5.74) is 7.77. The molecule has 0 radical (unpaired) electrons. The maximum atomic E-state index is 12.4. The number of hydrogen-bond donors (Lipinski definition) is 2. The summed E-state index contributed by atoms with van der Waals surface area (Å²) in [5.74, 6) is 0.604. The summed E-state index contributed by atoms with van der Waals surface area (Å²) < 4.78 is 0. The molecule has 0 aromatic heterocycles. The molecule has 0 unspecified atom stereocenters. The van der Waals surface area contributed by atoms with Crippen molar-refractivity contribution in [1.82, 2.24) is 4.90 Å². The number of hydrogen-bond acceptors (Lipinski definition) is 3. The molecule has 2 aromatic carbocycles. The molecule has 4 nitrogen and oxygen atoms in total. The van der Waals surface area contributed by atoms with Crippen LogP contribution >= 0.6 is 23.2 Å². The van der Waals surface area contributed by atoms with Crippen LogP contribution in [0.15, 0.2) is 48.5 Å². The summed E-state index contributed by atoms with van der Waals surface area (Å²) in [6.07, 6.45) is 0. The van der Waals surface area contributed by atoms with Crippen LogP contribution in [0.25, 0.3) is 0 Å². The Bertz CT molecular complexity index is 739. The molecule has 2 atom stereocenters. The molecule has 132 valence electrons. The molecule has 1 aliphatic heterocycles. The lowest BCUT2D eigenvalue weighted by Crippen LogP contribution is -2.32. The first-order valence-corrected chi connectivity index (χ1v) is 9.05. The van der Waals surface area contributed by atoms with E-state index < -0.39 is 0 Å². The van der Waals surface area contributed by atoms with E-state index in [4.69, 9.17) is 28.9 Å². The lowest BCUT2D eigenvalue weighted by atomic mass is 9.89. The zero-order chi connectivity index (χ0) is 17.8. The van der Waals surface area contributed by atoms with Crippen molar-refractivity contribution in [2.75, 3.05) is 31.5 Å². The SMILES string of the molecule is NC[C@@H]1CN(CC(=O)Nc2cccc(Cl)c2Cl)C[C@H]1c1ccccc1. The van der Waals surface area contributed by atoms with Gasteiger partial charge in [0.1, 0.15) is 0 Å². The first kappa shape index (κ1) is 18.2. The Hall–Kier alpha value is -1.59. The van der Waals surface area contributed by atoms with Gasteiger partial charge in [-0.05, 0) is 30.2 Å². The van der Waals surface area contributed by atoms with Crippen LogP contribution in [0.2, 0.25) is 10.0 Å². The Balaban J connectivity index is 1.63. The van der Waals surface area contributed by atoms with E-state index >= 15 is 0 Å². The van der Waals surface area contributed by atoms with Gasteiger partial charge < -0.3 is 11.1 Å². The number of nitrogens with one attached hydrogen (secondary N) is 1. The number of benzene rings is 2. The highest BCUT2D eigenvalue weighted by atomic mass is 35.5. The van der Waals surface area contributed by atoms with Gasteiger partial charge in [-0.3, -0.25) is 9.69 Å². The molecule has 25 heavy (non-hydrogen) atoms. The number of halogens is 2. The molecule has 1 amide bonds. The molecule has 1 saturated heterocycles. The van der Waals surface area contributed by atoms with Crippen LogP contribution in [0.3, 0.4) is 0 Å². The number of nitrogens with zero attached hydrogens (tertiary/aromatic N) is 1. The van der Waals surface area contributed by atoms with Crippen molar-refractivity contribution < 1.29 is 4.79 Å². The van der Waals surface area contributed by atoms with E-state index in [-0.39, 0.29) is 5.91 Å². The minimum atomic E-state index is -0.103. The highest BCUT2D eigenvalue weighted by molar-refractivity contribution is 6.43. The van der Waals surface area contributed by atoms with Crippen LogP contribution in [0.5, 0.6) is 0 Å². The summed E-state index contributed by atoms with van der Waals surface area (Å²) in [6.45, 7) is 2.55. The molecule has 1 heterocycles. The smallest absolute Gasteiger partial charge is 0.238 e. The number of carbonyl (C=O) groups excluding carboxylic acids is 1. The van der Waals surface area contributed by atoms with E-state index in [1.54, 1.807) is 18.2 Å². The summed E-state index contributed by atoms with van der Waals surface area (Å²) in [4.78, 5) is 14.5. The highest BCUT2D eigenvalue weighted by Crippen LogP contribution is 2.32. The number of likely N-dealkylation sites (tertiary alicyclic amines) is 1. The van der Waals surface area contributed by atoms with Crippen molar-refractivity contribution >= 4 is 34.8 Å². The van der Waals surface area contributed by atoms with E-state index in [0.29, 0.717) is 40.7 Å². The van der Waals surface area contributed by atoms with Gasteiger partial charge in [-0.25, -0.2) is 0 Å². The maximum Gasteiger partial charge on any atom is 0.238 e. The number of amides is 1. The van der Waals surface area contributed by atoms with Crippen LogP contribution < -0.4 is 11.1 Å². The minimum absolute atomic E-state index is 0.103. The average Bonchev–Trinajstić information content (AvgIpc) is 3.02. The third-order valence-corrected chi connectivity index (χ3v) is 5.46. The van der Waals surface area contributed by atoms with Gasteiger partial charge in [0.15, 0.2) is 0 Å². The van der Waals surface area contributed by atoms with Crippen molar-refractivity contribution in [1.29, 1.82) is 0 Å². The summed E-state index contributed by atoms with van der Waals surface area (Å²) in [6, 6.07) is 15.5. The van der Waals surface area contributed by atoms with Crippen LogP contribution in [0.4, 0.5) is 5.69 Å². The number of anilines is 1. The van der Waals surface area contributed by atoms with Gasteiger partial charge >= 0.3 is 0 Å². The van der Waals surface area contributed by atoms with Gasteiger partial charge in [0.25, 0.3) is 0 Å². The van der Waals surface area contributed by atoms with Gasteiger partial charge in [-0.15, -0.1) is 0 Å². The molecule has 1 fully saturated rings. The standard InChI is InChI=1S/C19H21Cl2N3O/c20-16-7-4-8-17(19(16)21)23-18(25)12-24-10-14(9-22)15(11-24)13-5-2-1-3-6-13/h1-8,14-15H,9-12,22H2,(H,23,25)/t14-,15+/m1/s1. The predicted molar refractivity (Wildman–Crippen MR) is 103 cm³/mol. The number of rotatable bonds is 5. The molecule has 3 rings (SSSR count). The summed E-state index contributed by atoms with van der Waals surface area (Å²) in [5, 5.41) is 3.62. The molecule has 6 heteroatoms. The Labute approximate surface area is 157 Å². The van der Waals surface area contributed by atoms with Gasteiger partial charge in [0, 0.05) is 19.0 Å². The first-order valence-electron chi connectivity index (χ1n) is 8.29. The molecular weight excluding hydrogens is 357 g/mol. The average molecular weight is 378 g/mol. The summed E-state index contributed by atoms with van der Waals surface area (Å²) in [7, 11) is 0. The zero-order valence-electron chi connectivity index (χ0n) is 13.8. The quantitative estimate of drug-likeness (QED) is 0.836. The Morgan fingerprint density at radius 3 is 2.60 bits per heavy atom. The molecule has 0 bridgehead atoms. The van der Waals surface area contributed by atoms with Gasteiger partial charge in [0.05, 0.1) is 22.3 Å². The molecule has 0 spiro atoms. The highest BCUT2D eigenvalue weighted by Gasteiger charge is 2.33. The summed E-state index contributed by atoms with van der Waals surface area (Å²) >= 11 is 12.1. The minimum Gasteiger partial charge on any atom is -0.330 e. The van der Waals surface area contributed by atoms with E-state index in [2.05, 4.69) is 22.3 Å². The van der Waals surface area contributed by atoms with E-state index in [9.17, 15) is 4.79 Å². The lowest BCUT2D eigenvalue weighted by molar-refractivity contribution is -0.117. The van der Waals surface area contributed by atoms with Gasteiger partial charge in [-0.2, -0.15) is 0 Å². The topological polar surface area (TPSA) is 58.4 Å². The second kappa shape index (κ2) is 8.19. The van der Waals surface area contributed by atoms with Gasteiger partial charge in [0.2, 0.25) is 5.91 Å². The third kappa shape index (κ3) is 4.33. The van der Waals surface area contributed by atoms with Crippen LogP contribution in [-0.2, 0) is 4.79 Å². The Morgan fingerprint density at radius 1 is 1.12 bits per heavy atom. The second-order valence-corrected chi connectivity index (χ2v) is 7.14. The number of carbonyl (C=O) groups is 1. The molecular formula is C19H21Cl2N3O. The molecule has 1 aliphatic rings. The monoisotopic (exact) mass is 377 g/mol. The van der Waals surface area contributed by atoms with Crippen molar-refractivity contribution in [3.8, 4) is 0 Å². The van der Waals surface area contributed by atoms with Crippen molar-refractivity contribution in [3.63, 3.8) is 0 Å². The Kier molecular flexibility index (Phi) is 5.97. The van der Waals surface area contributed by atoms with Gasteiger partial charge in [-0.1, -0.05) is 59.6 Å². The first-order chi connectivity index (χ1) is 12.1. The fourth-order valence-electron chi connectivity index (χ4n) is 3.40. The zero-order valence-corrected chi connectivity index (χ0v) is 15.3. The lowest BCUT2D eigenvalue weighted by Gasteiger charge is -2.17. The maximum absolute atomic E-state index is 12.4. The Morgan fingerprint density at radius 2 is 1.88 bits per heavy atom. The van der Waals surface area contributed by atoms with Crippen molar-refractivity contribution in [2.45, 2.75) is 5.92 Å². The largest absolute Gasteiger partial charge is 0.330 e. The van der Waals surface area contributed by atoms with Crippen molar-refractivity contribution in [2.24, 2.45) is 11.7 Å². The molecule has 0 aliphatic carbocycles. The second-order valence-electron chi connectivity index (χ2n) is 6.36. The van der Waals surface area contributed by atoms with E-state index in [0.717, 1.165) is 13.1 Å². The normalized spacial score (nSPS) is 20.6. The predicted octanol–water partition coefficient (Wildman–Crippen LogP) is 3.61. The van der Waals surface area contributed by atoms with Crippen LogP contribution in [-0.4, -0.2) is 37.0 Å². The number of nitrogens with two attached hydrogens (primary N) is 1. The fourth-order valence-corrected chi connectivity index (χ4v) is 3.75. The third-order valence-electron chi connectivity index (χ3n) is 4.64. The fraction of sp³-hybridized carbons (Fsp3) is 0.316. The van der Waals surface area contributed by atoms with E-state index in [1.165, 1.54) is 5.56 Å². The van der Waals surface area contributed by atoms with Crippen molar-refractivity contribution in [3.05, 3.63) is 64.1 Å². The molecule has 3 N–H and O–H groups in total. The van der Waals surface area contributed by atoms with Crippen LogP contribution in [0.1, 0.15) is 11.5 Å². The van der Waals surface area contributed by atoms with E-state index in [1.807, 2.05) is 18.2 Å². The van der Waals surface area contributed by atoms with Crippen LogP contribution in [0, 0.1) is 5.92 Å².